The van der Waals surface area contributed by atoms with Crippen molar-refractivity contribution in [2.24, 2.45) is 0 Å². The van der Waals surface area contributed by atoms with Crippen molar-refractivity contribution in [3.63, 3.8) is 0 Å². The van der Waals surface area contributed by atoms with E-state index in [1.807, 2.05) is 6.07 Å². The highest BCUT2D eigenvalue weighted by Crippen LogP contribution is 2.35. The minimum atomic E-state index is -0.436. The molecule has 0 bridgehead atoms. The van der Waals surface area contributed by atoms with E-state index in [2.05, 4.69) is 29.8 Å². The Morgan fingerprint density at radius 1 is 1.17 bits per heavy atom. The number of aryl methyl sites for hydroxylation is 1. The van der Waals surface area contributed by atoms with E-state index in [-0.39, 0.29) is 12.4 Å². The second-order valence-electron chi connectivity index (χ2n) is 7.68. The largest absolute Gasteiger partial charge is 0.454 e. The van der Waals surface area contributed by atoms with Crippen molar-refractivity contribution in [3.05, 3.63) is 46.8 Å². The molecule has 1 aromatic carbocycles. The van der Waals surface area contributed by atoms with E-state index in [1.165, 1.54) is 37.8 Å². The minimum absolute atomic E-state index is 0.0755. The van der Waals surface area contributed by atoms with Crippen molar-refractivity contribution < 1.29 is 14.3 Å². The lowest BCUT2D eigenvalue weighted by Crippen LogP contribution is -2.15. The van der Waals surface area contributed by atoms with E-state index in [0.717, 1.165) is 11.3 Å². The monoisotopic (exact) mass is 391 g/mol. The Morgan fingerprint density at radius 2 is 1.93 bits per heavy atom. The number of anilines is 1. The lowest BCUT2D eigenvalue weighted by atomic mass is 9.95. The highest BCUT2D eigenvalue weighted by molar-refractivity contribution is 6.09. The molecule has 0 atom stereocenters. The maximum absolute atomic E-state index is 12.7. The number of nitrogens with zero attached hydrogens (tertiary/aromatic N) is 2. The lowest BCUT2D eigenvalue weighted by Gasteiger charge is -2.26. The Bertz CT molecular complexity index is 1010. The molecule has 29 heavy (non-hydrogen) atoms. The van der Waals surface area contributed by atoms with Crippen LogP contribution >= 0.6 is 0 Å². The Labute approximate surface area is 170 Å². The first-order valence-electron chi connectivity index (χ1n) is 10.1. The van der Waals surface area contributed by atoms with Crippen LogP contribution < -0.4 is 14.8 Å². The molecule has 1 saturated carbocycles. The van der Waals surface area contributed by atoms with Gasteiger partial charge in [-0.1, -0.05) is 19.3 Å². The molecule has 0 saturated heterocycles. The number of benzene rings is 1. The standard InChI is InChI=1S/C23H25N3O3/c1-15-10-17(16(2)26(15)20-6-4-3-5-7-20)11-18(13-24)23(27)25-19-8-9-21-22(12-19)29-14-28-21/h8-12,20H,3-7,14H2,1-2H3,(H,25,27)/b18-11+. The number of carbonyl (C=O) groups excluding carboxylic acids is 1. The van der Waals surface area contributed by atoms with Crippen LogP contribution in [-0.4, -0.2) is 17.3 Å². The maximum Gasteiger partial charge on any atom is 0.266 e. The molecule has 6 heteroatoms. The zero-order valence-electron chi connectivity index (χ0n) is 16.8. The molecule has 0 unspecified atom stereocenters. The second-order valence-corrected chi connectivity index (χ2v) is 7.68. The summed E-state index contributed by atoms with van der Waals surface area (Å²) in [7, 11) is 0. The second kappa shape index (κ2) is 8.04. The molecule has 6 nitrogen and oxygen atoms in total. The third-order valence-corrected chi connectivity index (χ3v) is 5.76. The van der Waals surface area contributed by atoms with Crippen LogP contribution in [0, 0.1) is 25.2 Å². The third-order valence-electron chi connectivity index (χ3n) is 5.76. The van der Waals surface area contributed by atoms with Gasteiger partial charge < -0.3 is 19.4 Å². The van der Waals surface area contributed by atoms with Crippen LogP contribution in [0.5, 0.6) is 11.5 Å². The van der Waals surface area contributed by atoms with Crippen LogP contribution in [0.25, 0.3) is 6.08 Å². The number of aromatic nitrogens is 1. The van der Waals surface area contributed by atoms with Gasteiger partial charge in [0.1, 0.15) is 11.6 Å². The van der Waals surface area contributed by atoms with Gasteiger partial charge in [-0.3, -0.25) is 4.79 Å². The zero-order chi connectivity index (χ0) is 20.4. The Balaban J connectivity index is 1.56. The predicted molar refractivity (Wildman–Crippen MR) is 111 cm³/mol. The van der Waals surface area contributed by atoms with Gasteiger partial charge in [-0.25, -0.2) is 0 Å². The van der Waals surface area contributed by atoms with Gasteiger partial charge in [-0.2, -0.15) is 5.26 Å². The first-order chi connectivity index (χ1) is 14.1. The molecule has 150 valence electrons. The summed E-state index contributed by atoms with van der Waals surface area (Å²) in [5.41, 5.74) is 3.84. The fourth-order valence-electron chi connectivity index (χ4n) is 4.33. The number of hydrogen-bond donors (Lipinski definition) is 1. The molecule has 1 aliphatic carbocycles. The normalized spacial score (nSPS) is 16.5. The van der Waals surface area contributed by atoms with Crippen molar-refractivity contribution in [1.29, 1.82) is 5.26 Å². The predicted octanol–water partition coefficient (Wildman–Crippen LogP) is 4.88. The summed E-state index contributed by atoms with van der Waals surface area (Å²) in [5, 5.41) is 12.4. The molecular weight excluding hydrogens is 366 g/mol. The number of carbonyl (C=O) groups is 1. The molecule has 2 aliphatic rings. The quantitative estimate of drug-likeness (QED) is 0.595. The number of ether oxygens (including phenoxy) is 2. The Morgan fingerprint density at radius 3 is 2.69 bits per heavy atom. The first kappa shape index (κ1) is 19.1. The number of rotatable bonds is 4. The molecule has 0 radical (unpaired) electrons. The smallest absolute Gasteiger partial charge is 0.266 e. The molecule has 0 spiro atoms. The molecule has 2 heterocycles. The number of hydrogen-bond acceptors (Lipinski definition) is 4. The topological polar surface area (TPSA) is 76.3 Å². The Hall–Kier alpha value is -3.20. The van der Waals surface area contributed by atoms with Gasteiger partial charge >= 0.3 is 0 Å². The number of nitriles is 1. The molecule has 1 aromatic heterocycles. The van der Waals surface area contributed by atoms with Crippen LogP contribution in [0.1, 0.15) is 55.1 Å². The van der Waals surface area contributed by atoms with Gasteiger partial charge in [0.15, 0.2) is 11.5 Å². The van der Waals surface area contributed by atoms with E-state index >= 15 is 0 Å². The summed E-state index contributed by atoms with van der Waals surface area (Å²) in [5.74, 6) is 0.796. The summed E-state index contributed by atoms with van der Waals surface area (Å²) in [6.45, 7) is 4.34. The van der Waals surface area contributed by atoms with E-state index in [0.29, 0.717) is 23.2 Å². The minimum Gasteiger partial charge on any atom is -0.454 e. The summed E-state index contributed by atoms with van der Waals surface area (Å²) < 4.78 is 13.0. The highest BCUT2D eigenvalue weighted by atomic mass is 16.7. The van der Waals surface area contributed by atoms with E-state index in [1.54, 1.807) is 24.3 Å². The molecule has 1 fully saturated rings. The number of amides is 1. The SMILES string of the molecule is Cc1cc(/C=C(\C#N)C(=O)Nc2ccc3c(c2)OCO3)c(C)n1C1CCCCC1. The fourth-order valence-corrected chi connectivity index (χ4v) is 4.33. The molecule has 1 N–H and O–H groups in total. The van der Waals surface area contributed by atoms with Crippen LogP contribution in [0.15, 0.2) is 29.8 Å². The van der Waals surface area contributed by atoms with E-state index in [9.17, 15) is 10.1 Å². The van der Waals surface area contributed by atoms with Crippen LogP contribution in [0.2, 0.25) is 0 Å². The highest BCUT2D eigenvalue weighted by Gasteiger charge is 2.21. The van der Waals surface area contributed by atoms with Crippen molar-refractivity contribution in [2.45, 2.75) is 52.0 Å². The summed E-state index contributed by atoms with van der Waals surface area (Å²) in [6, 6.07) is 9.79. The van der Waals surface area contributed by atoms with Crippen molar-refractivity contribution in [3.8, 4) is 17.6 Å². The molecule has 1 aliphatic heterocycles. The summed E-state index contributed by atoms with van der Waals surface area (Å²) >= 11 is 0. The van der Waals surface area contributed by atoms with Gasteiger partial charge in [0.05, 0.1) is 0 Å². The molecular formula is C23H25N3O3. The number of fused-ring (bicyclic) bond motifs is 1. The van der Waals surface area contributed by atoms with Crippen molar-refractivity contribution in [2.75, 3.05) is 12.1 Å². The molecule has 1 amide bonds. The van der Waals surface area contributed by atoms with E-state index in [4.69, 9.17) is 9.47 Å². The fraction of sp³-hybridized carbons (Fsp3) is 0.391. The van der Waals surface area contributed by atoms with Gasteiger partial charge in [-0.15, -0.1) is 0 Å². The average molecular weight is 391 g/mol. The van der Waals surface area contributed by atoms with Gasteiger partial charge in [0.25, 0.3) is 5.91 Å². The van der Waals surface area contributed by atoms with Crippen LogP contribution in [0.3, 0.4) is 0 Å². The number of nitrogens with one attached hydrogen (secondary N) is 1. The van der Waals surface area contributed by atoms with Crippen molar-refractivity contribution in [1.82, 2.24) is 4.57 Å². The molecule has 2 aromatic rings. The summed E-state index contributed by atoms with van der Waals surface area (Å²) in [4.78, 5) is 12.7. The first-order valence-corrected chi connectivity index (χ1v) is 10.1. The van der Waals surface area contributed by atoms with Crippen LogP contribution in [0.4, 0.5) is 5.69 Å². The zero-order valence-corrected chi connectivity index (χ0v) is 16.8. The van der Waals surface area contributed by atoms with Crippen LogP contribution in [-0.2, 0) is 4.79 Å². The average Bonchev–Trinajstić information content (AvgIpc) is 3.30. The Kier molecular flexibility index (Phi) is 5.30. The van der Waals surface area contributed by atoms with Gasteiger partial charge in [0, 0.05) is 29.2 Å². The van der Waals surface area contributed by atoms with Gasteiger partial charge in [-0.05, 0) is 56.5 Å². The van der Waals surface area contributed by atoms with E-state index < -0.39 is 5.91 Å². The lowest BCUT2D eigenvalue weighted by molar-refractivity contribution is -0.112. The maximum atomic E-state index is 12.7. The molecule has 4 rings (SSSR count). The summed E-state index contributed by atoms with van der Waals surface area (Å²) in [6.07, 6.45) is 7.89. The van der Waals surface area contributed by atoms with Gasteiger partial charge in [0.2, 0.25) is 6.79 Å². The third kappa shape index (κ3) is 3.86. The van der Waals surface area contributed by atoms with Crippen molar-refractivity contribution >= 4 is 17.7 Å².